The average Bonchev–Trinajstić information content (AvgIpc) is 2.91. The van der Waals surface area contributed by atoms with E-state index in [2.05, 4.69) is 25.6 Å². The molecule has 0 aliphatic carbocycles. The van der Waals surface area contributed by atoms with Gasteiger partial charge in [-0.3, -0.25) is 4.79 Å². The van der Waals surface area contributed by atoms with Gasteiger partial charge >= 0.3 is 6.18 Å². The lowest BCUT2D eigenvalue weighted by atomic mass is 9.98. The van der Waals surface area contributed by atoms with Crippen molar-refractivity contribution >= 4 is 34.3 Å². The fourth-order valence-electron chi connectivity index (χ4n) is 4.35. The van der Waals surface area contributed by atoms with E-state index < -0.39 is 17.6 Å². The third kappa shape index (κ3) is 6.66. The third-order valence-electron chi connectivity index (χ3n) is 6.55. The first-order chi connectivity index (χ1) is 19.0. The highest BCUT2D eigenvalue weighted by Gasteiger charge is 2.31. The number of rotatable bonds is 9. The van der Waals surface area contributed by atoms with E-state index in [1.165, 1.54) is 6.07 Å². The van der Waals surface area contributed by atoms with Crippen molar-refractivity contribution in [1.82, 2.24) is 19.9 Å². The summed E-state index contributed by atoms with van der Waals surface area (Å²) in [5, 5.41) is 6.34. The van der Waals surface area contributed by atoms with Crippen LogP contribution in [0.5, 0.6) is 0 Å². The minimum atomic E-state index is -4.54. The predicted octanol–water partition coefficient (Wildman–Crippen LogP) is 5.70. The molecule has 0 saturated carbocycles. The van der Waals surface area contributed by atoms with Crippen molar-refractivity contribution in [1.29, 1.82) is 0 Å². The minimum Gasteiger partial charge on any atom is -0.373 e. The van der Waals surface area contributed by atoms with Crippen LogP contribution in [0, 0.1) is 6.92 Å². The number of hydrogen-bond donors (Lipinski definition) is 2. The van der Waals surface area contributed by atoms with Crippen LogP contribution in [0.25, 0.3) is 22.2 Å². The quantitative estimate of drug-likeness (QED) is 0.276. The monoisotopic (exact) mass is 551 g/mol. The standard InChI is InChI=1S/C29H32F3N7O/c1-18-7-8-19(14-23(18)20-13-21-17-35-28(33-2)37-26(21)34-16-20)27(40)36-24-15-22(29(30,31)32)9-10-25(24)39(5)12-6-11-38(3)4/h7-10,13-17H,6,11-12H2,1-5H3,(H,36,40)(H,33,34,35,37). The number of carbonyl (C=O) groups is 1. The molecule has 0 spiro atoms. The summed E-state index contributed by atoms with van der Waals surface area (Å²) in [5.74, 6) is -0.0563. The predicted molar refractivity (Wildman–Crippen MR) is 153 cm³/mol. The van der Waals surface area contributed by atoms with Crippen LogP contribution < -0.4 is 15.5 Å². The SMILES string of the molecule is CNc1ncc2cc(-c3cc(C(=O)Nc4cc(C(F)(F)F)ccc4N(C)CCCN(C)C)ccc3C)cnc2n1. The van der Waals surface area contributed by atoms with E-state index in [0.717, 1.165) is 47.2 Å². The molecule has 11 heteroatoms. The molecule has 1 amide bonds. The smallest absolute Gasteiger partial charge is 0.373 e. The van der Waals surface area contributed by atoms with Gasteiger partial charge in [-0.05, 0) is 81.5 Å². The molecule has 2 heterocycles. The number of nitrogens with one attached hydrogen (secondary N) is 2. The Morgan fingerprint density at radius 2 is 1.75 bits per heavy atom. The number of halogens is 3. The molecule has 210 valence electrons. The highest BCUT2D eigenvalue weighted by molar-refractivity contribution is 6.07. The summed E-state index contributed by atoms with van der Waals surface area (Å²) in [5.41, 5.74) is 3.05. The van der Waals surface area contributed by atoms with Crippen LogP contribution in [0.1, 0.15) is 27.9 Å². The van der Waals surface area contributed by atoms with Crippen LogP contribution in [-0.2, 0) is 6.18 Å². The number of benzene rings is 2. The number of aryl methyl sites for hydroxylation is 1. The lowest BCUT2D eigenvalue weighted by Crippen LogP contribution is -2.25. The first kappa shape index (κ1) is 28.8. The number of carbonyl (C=O) groups excluding carboxylic acids is 1. The van der Waals surface area contributed by atoms with Gasteiger partial charge in [-0.1, -0.05) is 6.07 Å². The molecule has 0 aliphatic heterocycles. The van der Waals surface area contributed by atoms with E-state index in [9.17, 15) is 18.0 Å². The molecular weight excluding hydrogens is 519 g/mol. The summed E-state index contributed by atoms with van der Waals surface area (Å²) >= 11 is 0. The molecule has 0 aliphatic rings. The molecule has 8 nitrogen and oxygen atoms in total. The highest BCUT2D eigenvalue weighted by Crippen LogP contribution is 2.36. The Hall–Kier alpha value is -4.25. The lowest BCUT2D eigenvalue weighted by molar-refractivity contribution is -0.137. The maximum Gasteiger partial charge on any atom is 0.416 e. The molecule has 0 unspecified atom stereocenters. The molecule has 2 aromatic carbocycles. The summed E-state index contributed by atoms with van der Waals surface area (Å²) < 4.78 is 40.6. The molecule has 0 radical (unpaired) electrons. The number of hydrogen-bond acceptors (Lipinski definition) is 7. The van der Waals surface area contributed by atoms with Gasteiger partial charge in [-0.15, -0.1) is 0 Å². The number of amides is 1. The molecule has 4 aromatic rings. The molecule has 2 aromatic heterocycles. The van der Waals surface area contributed by atoms with E-state index in [-0.39, 0.29) is 5.69 Å². The Labute approximate surface area is 231 Å². The second-order valence-electron chi connectivity index (χ2n) is 9.87. The second kappa shape index (κ2) is 11.9. The zero-order valence-corrected chi connectivity index (χ0v) is 23.1. The Morgan fingerprint density at radius 1 is 0.975 bits per heavy atom. The summed E-state index contributed by atoms with van der Waals surface area (Å²) in [6.45, 7) is 3.34. The molecular formula is C29H32F3N7O. The average molecular weight is 552 g/mol. The maximum atomic E-state index is 13.5. The van der Waals surface area contributed by atoms with Gasteiger partial charge < -0.3 is 20.4 Å². The van der Waals surface area contributed by atoms with Gasteiger partial charge in [-0.25, -0.2) is 9.97 Å². The number of alkyl halides is 3. The molecule has 40 heavy (non-hydrogen) atoms. The molecule has 2 N–H and O–H groups in total. The maximum absolute atomic E-state index is 13.5. The summed E-state index contributed by atoms with van der Waals surface area (Å²) in [4.78, 5) is 30.3. The number of pyridine rings is 1. The van der Waals surface area contributed by atoms with Crippen LogP contribution in [0.3, 0.4) is 0 Å². The lowest BCUT2D eigenvalue weighted by Gasteiger charge is -2.24. The summed E-state index contributed by atoms with van der Waals surface area (Å²) in [6.07, 6.45) is -0.396. The van der Waals surface area contributed by atoms with Gasteiger partial charge in [-0.2, -0.15) is 18.2 Å². The fraction of sp³-hybridized carbons (Fsp3) is 0.310. The van der Waals surface area contributed by atoms with E-state index in [0.29, 0.717) is 29.4 Å². The summed E-state index contributed by atoms with van der Waals surface area (Å²) in [7, 11) is 7.44. The van der Waals surface area contributed by atoms with E-state index in [1.54, 1.807) is 44.7 Å². The molecule has 0 saturated heterocycles. The largest absolute Gasteiger partial charge is 0.416 e. The van der Waals surface area contributed by atoms with Gasteiger partial charge in [0.05, 0.1) is 16.9 Å². The van der Waals surface area contributed by atoms with Crippen LogP contribution in [0.15, 0.2) is 54.9 Å². The third-order valence-corrected chi connectivity index (χ3v) is 6.55. The van der Waals surface area contributed by atoms with Crippen LogP contribution in [0.2, 0.25) is 0 Å². The van der Waals surface area contributed by atoms with Crippen LogP contribution >= 0.6 is 0 Å². The molecule has 4 rings (SSSR count). The Morgan fingerprint density at radius 3 is 2.45 bits per heavy atom. The topological polar surface area (TPSA) is 86.3 Å². The molecule has 0 fully saturated rings. The Bertz CT molecular complexity index is 1520. The van der Waals surface area contributed by atoms with E-state index >= 15 is 0 Å². The summed E-state index contributed by atoms with van der Waals surface area (Å²) in [6, 6.07) is 10.5. The number of anilines is 3. The second-order valence-corrected chi connectivity index (χ2v) is 9.87. The molecule has 0 atom stereocenters. The van der Waals surface area contributed by atoms with Crippen molar-refractivity contribution in [2.75, 3.05) is 56.8 Å². The van der Waals surface area contributed by atoms with Crippen molar-refractivity contribution < 1.29 is 18.0 Å². The Kier molecular flexibility index (Phi) is 8.53. The zero-order valence-electron chi connectivity index (χ0n) is 23.1. The number of fused-ring (bicyclic) bond motifs is 1. The fourth-order valence-corrected chi connectivity index (χ4v) is 4.35. The van der Waals surface area contributed by atoms with Crippen molar-refractivity contribution in [2.24, 2.45) is 0 Å². The van der Waals surface area contributed by atoms with Gasteiger partial charge in [0.15, 0.2) is 5.65 Å². The van der Waals surface area contributed by atoms with Gasteiger partial charge in [0.1, 0.15) is 0 Å². The van der Waals surface area contributed by atoms with Gasteiger partial charge in [0, 0.05) is 49.5 Å². The van der Waals surface area contributed by atoms with Gasteiger partial charge in [0.25, 0.3) is 5.91 Å². The van der Waals surface area contributed by atoms with Crippen molar-refractivity contribution in [2.45, 2.75) is 19.5 Å². The van der Waals surface area contributed by atoms with E-state index in [1.807, 2.05) is 36.9 Å². The minimum absolute atomic E-state index is 0.0964. The van der Waals surface area contributed by atoms with Crippen molar-refractivity contribution in [3.63, 3.8) is 0 Å². The first-order valence-corrected chi connectivity index (χ1v) is 12.8. The van der Waals surface area contributed by atoms with E-state index in [4.69, 9.17) is 0 Å². The van der Waals surface area contributed by atoms with Crippen LogP contribution in [0.4, 0.5) is 30.5 Å². The van der Waals surface area contributed by atoms with Gasteiger partial charge in [0.2, 0.25) is 5.95 Å². The molecule has 0 bridgehead atoms. The number of aromatic nitrogens is 3. The Balaban J connectivity index is 1.65. The highest BCUT2D eigenvalue weighted by atomic mass is 19.4. The number of nitrogens with zero attached hydrogens (tertiary/aromatic N) is 5. The normalized spacial score (nSPS) is 11.6. The van der Waals surface area contributed by atoms with Crippen LogP contribution in [-0.4, -0.2) is 67.0 Å². The first-order valence-electron chi connectivity index (χ1n) is 12.8. The van der Waals surface area contributed by atoms with Crippen molar-refractivity contribution in [3.8, 4) is 11.1 Å². The van der Waals surface area contributed by atoms with Crippen molar-refractivity contribution in [3.05, 3.63) is 71.5 Å². The zero-order chi connectivity index (χ0) is 29.0.